The molecule has 0 amide bonds. The first-order chi connectivity index (χ1) is 11.2. The van der Waals surface area contributed by atoms with Crippen molar-refractivity contribution in [1.82, 2.24) is 14.9 Å². The van der Waals surface area contributed by atoms with Gasteiger partial charge in [-0.2, -0.15) is 0 Å². The maximum absolute atomic E-state index is 6.11. The molecule has 8 heteroatoms. The maximum atomic E-state index is 6.11. The molecule has 1 aromatic carbocycles. The van der Waals surface area contributed by atoms with E-state index in [2.05, 4.69) is 19.2 Å². The van der Waals surface area contributed by atoms with Crippen molar-refractivity contribution in [3.63, 3.8) is 0 Å². The van der Waals surface area contributed by atoms with Crippen molar-refractivity contribution < 1.29 is 0 Å². The Hall–Kier alpha value is -1.50. The van der Waals surface area contributed by atoms with E-state index in [9.17, 15) is 0 Å². The molecule has 5 nitrogen and oxygen atoms in total. The summed E-state index contributed by atoms with van der Waals surface area (Å²) in [6.45, 7) is 4.19. The molecule has 1 heterocycles. The lowest BCUT2D eigenvalue weighted by Gasteiger charge is -2.11. The second kappa shape index (κ2) is 7.59. The second-order valence-electron chi connectivity index (χ2n) is 5.63. The predicted octanol–water partition coefficient (Wildman–Crippen LogP) is 3.76. The molecular formula is C16H21Cl2N5S. The van der Waals surface area contributed by atoms with E-state index in [1.165, 1.54) is 0 Å². The highest BCUT2D eigenvalue weighted by Crippen LogP contribution is 2.37. The van der Waals surface area contributed by atoms with E-state index < -0.39 is 0 Å². The monoisotopic (exact) mass is 385 g/mol. The van der Waals surface area contributed by atoms with Crippen molar-refractivity contribution in [2.75, 3.05) is 7.05 Å². The molecule has 0 spiro atoms. The molecule has 2 rings (SSSR count). The lowest BCUT2D eigenvalue weighted by atomic mass is 10.1. The van der Waals surface area contributed by atoms with E-state index in [1.54, 1.807) is 24.9 Å². The summed E-state index contributed by atoms with van der Waals surface area (Å²) in [5.74, 6) is 1.12. The zero-order valence-electron chi connectivity index (χ0n) is 14.0. The minimum absolute atomic E-state index is 0.197. The first-order valence-electron chi connectivity index (χ1n) is 7.38. The number of aromatic nitrogens is 2. The Balaban J connectivity index is 2.56. The second-order valence-corrected chi connectivity index (χ2v) is 7.56. The number of halogens is 2. The van der Waals surface area contributed by atoms with Crippen molar-refractivity contribution in [2.45, 2.75) is 29.7 Å². The van der Waals surface area contributed by atoms with Gasteiger partial charge in [0.05, 0.1) is 5.69 Å². The van der Waals surface area contributed by atoms with Crippen LogP contribution in [0.5, 0.6) is 0 Å². The number of nitrogens with zero attached hydrogens (tertiary/aromatic N) is 2. The largest absolute Gasteiger partial charge is 0.384 e. The van der Waals surface area contributed by atoms with Crippen LogP contribution in [0.25, 0.3) is 5.70 Å². The third kappa shape index (κ3) is 3.94. The van der Waals surface area contributed by atoms with E-state index in [1.807, 2.05) is 23.7 Å². The van der Waals surface area contributed by atoms with Crippen molar-refractivity contribution in [3.05, 3.63) is 45.6 Å². The molecule has 2 aromatic rings. The molecule has 24 heavy (non-hydrogen) atoms. The Morgan fingerprint density at radius 2 is 1.79 bits per heavy atom. The SMILES string of the molecule is CNC(=C(N)N)c1nc(C(C)C)c(Sc2cc(Cl)cc(Cl)c2)n1C. The van der Waals surface area contributed by atoms with Gasteiger partial charge in [-0.15, -0.1) is 0 Å². The Kier molecular flexibility index (Phi) is 5.96. The fourth-order valence-electron chi connectivity index (χ4n) is 2.31. The van der Waals surface area contributed by atoms with Gasteiger partial charge >= 0.3 is 0 Å². The number of imidazole rings is 1. The number of hydrogen-bond acceptors (Lipinski definition) is 5. The smallest absolute Gasteiger partial charge is 0.160 e. The van der Waals surface area contributed by atoms with Crippen LogP contribution >= 0.6 is 35.0 Å². The van der Waals surface area contributed by atoms with Gasteiger partial charge in [-0.1, -0.05) is 48.8 Å². The zero-order valence-corrected chi connectivity index (χ0v) is 16.4. The van der Waals surface area contributed by atoms with Gasteiger partial charge in [0.1, 0.15) is 16.5 Å². The number of hydrogen-bond donors (Lipinski definition) is 3. The van der Waals surface area contributed by atoms with Crippen LogP contribution in [-0.4, -0.2) is 16.6 Å². The van der Waals surface area contributed by atoms with Crippen molar-refractivity contribution in [3.8, 4) is 0 Å². The van der Waals surface area contributed by atoms with Crippen LogP contribution in [0, 0.1) is 0 Å². The Morgan fingerprint density at radius 1 is 1.21 bits per heavy atom. The highest BCUT2D eigenvalue weighted by Gasteiger charge is 2.21. The van der Waals surface area contributed by atoms with Gasteiger partial charge in [-0.05, 0) is 24.1 Å². The number of benzene rings is 1. The summed E-state index contributed by atoms with van der Waals surface area (Å²) < 4.78 is 1.97. The van der Waals surface area contributed by atoms with E-state index in [0.717, 1.165) is 15.6 Å². The molecular weight excluding hydrogens is 365 g/mol. The van der Waals surface area contributed by atoms with Gasteiger partial charge < -0.3 is 21.4 Å². The van der Waals surface area contributed by atoms with Crippen molar-refractivity contribution >= 4 is 40.7 Å². The van der Waals surface area contributed by atoms with Crippen LogP contribution in [0.4, 0.5) is 0 Å². The molecule has 0 aliphatic heterocycles. The molecule has 0 radical (unpaired) electrons. The molecule has 0 saturated carbocycles. The maximum Gasteiger partial charge on any atom is 0.160 e. The standard InChI is InChI=1S/C16H21Cl2N5S/c1-8(2)12-16(24-11-6-9(17)5-10(18)7-11)23(4)15(22-12)13(21-3)14(19)20/h5-8,21H,19-20H2,1-4H3. The van der Waals surface area contributed by atoms with Gasteiger partial charge in [0.25, 0.3) is 0 Å². The average Bonchev–Trinajstić information content (AvgIpc) is 2.76. The summed E-state index contributed by atoms with van der Waals surface area (Å²) in [4.78, 5) is 5.68. The predicted molar refractivity (Wildman–Crippen MR) is 102 cm³/mol. The van der Waals surface area contributed by atoms with Crippen LogP contribution in [0.3, 0.4) is 0 Å². The minimum Gasteiger partial charge on any atom is -0.384 e. The van der Waals surface area contributed by atoms with Crippen LogP contribution in [0.2, 0.25) is 10.0 Å². The Labute approximate surface area is 156 Å². The van der Waals surface area contributed by atoms with E-state index >= 15 is 0 Å². The lowest BCUT2D eigenvalue weighted by molar-refractivity contribution is 0.758. The van der Waals surface area contributed by atoms with Crippen molar-refractivity contribution in [1.29, 1.82) is 0 Å². The van der Waals surface area contributed by atoms with E-state index in [-0.39, 0.29) is 11.7 Å². The Bertz CT molecular complexity index is 759. The van der Waals surface area contributed by atoms with Gasteiger partial charge in [-0.25, -0.2) is 4.98 Å². The number of nitrogens with one attached hydrogen (secondary N) is 1. The van der Waals surface area contributed by atoms with Gasteiger partial charge in [0.2, 0.25) is 0 Å². The van der Waals surface area contributed by atoms with Crippen LogP contribution in [0.1, 0.15) is 31.3 Å². The number of nitrogens with two attached hydrogens (primary N) is 2. The summed E-state index contributed by atoms with van der Waals surface area (Å²) in [6, 6.07) is 5.46. The third-order valence-corrected chi connectivity index (χ3v) is 5.01. The summed E-state index contributed by atoms with van der Waals surface area (Å²) >= 11 is 13.8. The summed E-state index contributed by atoms with van der Waals surface area (Å²) in [7, 11) is 3.70. The first-order valence-corrected chi connectivity index (χ1v) is 8.95. The summed E-state index contributed by atoms with van der Waals surface area (Å²) in [5.41, 5.74) is 13.1. The molecule has 0 fully saturated rings. The molecule has 0 atom stereocenters. The minimum atomic E-state index is 0.197. The van der Waals surface area contributed by atoms with E-state index in [0.29, 0.717) is 21.6 Å². The molecule has 0 saturated heterocycles. The normalized spacial score (nSPS) is 11.0. The highest BCUT2D eigenvalue weighted by molar-refractivity contribution is 7.99. The van der Waals surface area contributed by atoms with Crippen molar-refractivity contribution in [2.24, 2.45) is 18.5 Å². The van der Waals surface area contributed by atoms with Crippen LogP contribution in [0.15, 0.2) is 33.9 Å². The molecule has 0 aliphatic rings. The van der Waals surface area contributed by atoms with Gasteiger partial charge in [-0.3, -0.25) is 0 Å². The van der Waals surface area contributed by atoms with Crippen LogP contribution in [-0.2, 0) is 7.05 Å². The summed E-state index contributed by atoms with van der Waals surface area (Å²) in [5, 5.41) is 5.20. The molecule has 0 bridgehead atoms. The molecule has 130 valence electrons. The molecule has 0 aliphatic carbocycles. The molecule has 1 aromatic heterocycles. The Morgan fingerprint density at radius 3 is 2.25 bits per heavy atom. The quantitative estimate of drug-likeness (QED) is 0.729. The number of rotatable bonds is 5. The average molecular weight is 386 g/mol. The topological polar surface area (TPSA) is 81.9 Å². The molecule has 0 unspecified atom stereocenters. The lowest BCUT2D eigenvalue weighted by Crippen LogP contribution is -2.21. The van der Waals surface area contributed by atoms with Gasteiger partial charge in [0.15, 0.2) is 5.82 Å². The first kappa shape index (κ1) is 18.8. The fraction of sp³-hybridized carbons (Fsp3) is 0.312. The third-order valence-electron chi connectivity index (χ3n) is 3.43. The van der Waals surface area contributed by atoms with E-state index in [4.69, 9.17) is 39.7 Å². The highest BCUT2D eigenvalue weighted by atomic mass is 35.5. The summed E-state index contributed by atoms with van der Waals surface area (Å²) in [6.07, 6.45) is 0. The van der Waals surface area contributed by atoms with Gasteiger partial charge in [0, 0.05) is 29.0 Å². The fourth-order valence-corrected chi connectivity index (χ4v) is 4.17. The van der Waals surface area contributed by atoms with Crippen LogP contribution < -0.4 is 16.8 Å². The zero-order chi connectivity index (χ0) is 18.0. The molecule has 5 N–H and O–H groups in total.